The number of nitrogens with zero attached hydrogens (tertiary/aromatic N) is 4. The minimum atomic E-state index is -0.475. The van der Waals surface area contributed by atoms with Gasteiger partial charge in [0.2, 0.25) is 0 Å². The molecule has 0 bridgehead atoms. The highest BCUT2D eigenvalue weighted by Gasteiger charge is 2.18. The molecule has 1 N–H and O–H groups in total. The molecule has 1 aromatic carbocycles. The summed E-state index contributed by atoms with van der Waals surface area (Å²) in [7, 11) is 1.85. The number of likely N-dealkylation sites (N-methyl/N-ethyl adjacent to an activating group) is 1. The fourth-order valence-electron chi connectivity index (χ4n) is 2.61. The summed E-state index contributed by atoms with van der Waals surface area (Å²) >= 11 is 0. The molecule has 1 aliphatic rings. The lowest BCUT2D eigenvalue weighted by Gasteiger charge is -2.29. The number of ether oxygens (including phenoxy) is 1. The highest BCUT2D eigenvalue weighted by atomic mass is 16.5. The molecule has 1 atom stereocenters. The Hall–Kier alpha value is -1.96. The molecule has 3 rings (SSSR count). The van der Waals surface area contributed by atoms with Gasteiger partial charge in [0.25, 0.3) is 11.8 Å². The molecule has 2 aromatic rings. The number of benzene rings is 1. The number of hydrogen-bond acceptors (Lipinski definition) is 7. The van der Waals surface area contributed by atoms with Crippen LogP contribution in [0.2, 0.25) is 0 Å². The summed E-state index contributed by atoms with van der Waals surface area (Å²) in [6.07, 6.45) is -0.475. The number of aliphatic hydroxyl groups excluding tert-OH is 1. The Balaban J connectivity index is 1.55. The molecule has 1 saturated heterocycles. The lowest BCUT2D eigenvalue weighted by atomic mass is 10.2. The van der Waals surface area contributed by atoms with Crippen LogP contribution < -0.4 is 4.90 Å². The van der Waals surface area contributed by atoms with Crippen molar-refractivity contribution in [3.05, 3.63) is 30.3 Å². The summed E-state index contributed by atoms with van der Waals surface area (Å²) in [6.45, 7) is 4.26. The average molecular weight is 318 g/mol. The van der Waals surface area contributed by atoms with Gasteiger partial charge in [0, 0.05) is 38.8 Å². The van der Waals surface area contributed by atoms with Gasteiger partial charge in [0.05, 0.1) is 19.3 Å². The van der Waals surface area contributed by atoms with Crippen LogP contribution in [0.1, 0.15) is 0 Å². The van der Waals surface area contributed by atoms with E-state index in [0.29, 0.717) is 24.9 Å². The van der Waals surface area contributed by atoms with Crippen molar-refractivity contribution in [3.63, 3.8) is 0 Å². The minimum absolute atomic E-state index is 0.450. The smallest absolute Gasteiger partial charge is 0.266 e. The van der Waals surface area contributed by atoms with E-state index in [2.05, 4.69) is 15.0 Å². The third-order valence-corrected chi connectivity index (χ3v) is 3.83. The molecular weight excluding hydrogens is 296 g/mol. The summed E-state index contributed by atoms with van der Waals surface area (Å²) in [4.78, 5) is 8.39. The summed E-state index contributed by atoms with van der Waals surface area (Å²) in [5.41, 5.74) is 0.883. The van der Waals surface area contributed by atoms with Gasteiger partial charge in [-0.15, -0.1) is 0 Å². The van der Waals surface area contributed by atoms with E-state index in [-0.39, 0.29) is 0 Å². The van der Waals surface area contributed by atoms with Crippen molar-refractivity contribution >= 4 is 5.95 Å². The van der Waals surface area contributed by atoms with Gasteiger partial charge in [-0.05, 0) is 17.3 Å². The van der Waals surface area contributed by atoms with E-state index in [0.717, 1.165) is 31.9 Å². The molecule has 23 heavy (non-hydrogen) atoms. The Kier molecular flexibility index (Phi) is 5.22. The summed E-state index contributed by atoms with van der Waals surface area (Å²) < 4.78 is 10.6. The fourth-order valence-corrected chi connectivity index (χ4v) is 2.61. The second-order valence-electron chi connectivity index (χ2n) is 5.71. The first kappa shape index (κ1) is 15.9. The molecule has 7 heteroatoms. The Bertz CT molecular complexity index is 598. The zero-order valence-corrected chi connectivity index (χ0v) is 13.3. The molecule has 1 aromatic heterocycles. The SMILES string of the molecule is CN(C[C@@H](O)CN1CCOCC1)c1noc(-c2ccccc2)n1. The first-order valence-electron chi connectivity index (χ1n) is 7.81. The molecule has 124 valence electrons. The Morgan fingerprint density at radius 1 is 1.26 bits per heavy atom. The number of aliphatic hydroxyl groups is 1. The van der Waals surface area contributed by atoms with Crippen LogP contribution in [0.5, 0.6) is 0 Å². The number of aromatic nitrogens is 2. The van der Waals surface area contributed by atoms with Crippen LogP contribution in [-0.4, -0.2) is 72.7 Å². The van der Waals surface area contributed by atoms with E-state index in [1.165, 1.54) is 0 Å². The van der Waals surface area contributed by atoms with Gasteiger partial charge in [0.15, 0.2) is 0 Å². The quantitative estimate of drug-likeness (QED) is 0.847. The van der Waals surface area contributed by atoms with Crippen LogP contribution in [0.25, 0.3) is 11.5 Å². The molecule has 0 amide bonds. The van der Waals surface area contributed by atoms with E-state index in [9.17, 15) is 5.11 Å². The maximum Gasteiger partial charge on any atom is 0.266 e. The maximum atomic E-state index is 10.2. The van der Waals surface area contributed by atoms with E-state index >= 15 is 0 Å². The Morgan fingerprint density at radius 2 is 2.00 bits per heavy atom. The van der Waals surface area contributed by atoms with Crippen molar-refractivity contribution in [2.24, 2.45) is 0 Å². The number of morpholine rings is 1. The first-order chi connectivity index (χ1) is 11.2. The van der Waals surface area contributed by atoms with Crippen molar-refractivity contribution in [1.29, 1.82) is 0 Å². The second-order valence-corrected chi connectivity index (χ2v) is 5.71. The molecule has 0 unspecified atom stereocenters. The number of rotatable bonds is 6. The number of β-amino-alcohol motifs (C(OH)–C–C–N with tert-alkyl or cyclic N) is 1. The zero-order chi connectivity index (χ0) is 16.1. The molecule has 0 saturated carbocycles. The van der Waals surface area contributed by atoms with Gasteiger partial charge in [-0.1, -0.05) is 18.2 Å². The predicted octanol–water partition coefficient (Wildman–Crippen LogP) is 0.866. The predicted molar refractivity (Wildman–Crippen MR) is 86.3 cm³/mol. The Labute approximate surface area is 135 Å². The van der Waals surface area contributed by atoms with Crippen LogP contribution in [-0.2, 0) is 4.74 Å². The first-order valence-corrected chi connectivity index (χ1v) is 7.81. The molecule has 0 aliphatic carbocycles. The summed E-state index contributed by atoms with van der Waals surface area (Å²) in [6, 6.07) is 9.63. The van der Waals surface area contributed by atoms with E-state index in [4.69, 9.17) is 9.26 Å². The number of hydrogen-bond donors (Lipinski definition) is 1. The molecule has 0 spiro atoms. The normalized spacial score (nSPS) is 17.1. The van der Waals surface area contributed by atoms with Gasteiger partial charge >= 0.3 is 0 Å². The zero-order valence-electron chi connectivity index (χ0n) is 13.3. The third-order valence-electron chi connectivity index (χ3n) is 3.83. The lowest BCUT2D eigenvalue weighted by Crippen LogP contribution is -2.44. The Morgan fingerprint density at radius 3 is 2.74 bits per heavy atom. The average Bonchev–Trinajstić information content (AvgIpc) is 3.06. The van der Waals surface area contributed by atoms with Crippen molar-refractivity contribution in [2.75, 3.05) is 51.3 Å². The van der Waals surface area contributed by atoms with Gasteiger partial charge in [-0.25, -0.2) is 0 Å². The van der Waals surface area contributed by atoms with Crippen molar-refractivity contribution in [3.8, 4) is 11.5 Å². The van der Waals surface area contributed by atoms with Crippen molar-refractivity contribution < 1.29 is 14.4 Å². The number of anilines is 1. The van der Waals surface area contributed by atoms with Crippen LogP contribution >= 0.6 is 0 Å². The molecule has 0 radical (unpaired) electrons. The summed E-state index contributed by atoms with van der Waals surface area (Å²) in [5, 5.41) is 14.2. The maximum absolute atomic E-state index is 10.2. The molecule has 1 fully saturated rings. The third kappa shape index (κ3) is 4.28. The van der Waals surface area contributed by atoms with Crippen LogP contribution in [0.3, 0.4) is 0 Å². The fraction of sp³-hybridized carbons (Fsp3) is 0.500. The highest BCUT2D eigenvalue weighted by Crippen LogP contribution is 2.19. The topological polar surface area (TPSA) is 74.9 Å². The molecular formula is C16H22N4O3. The standard InChI is InChI=1S/C16H22N4O3/c1-19(11-14(21)12-20-7-9-22-10-8-20)16-17-15(23-18-16)13-5-3-2-4-6-13/h2-6,14,21H,7-12H2,1H3/t14-/m1/s1. The van der Waals surface area contributed by atoms with Crippen LogP contribution in [0.15, 0.2) is 34.9 Å². The lowest BCUT2D eigenvalue weighted by molar-refractivity contribution is 0.0162. The summed E-state index contributed by atoms with van der Waals surface area (Å²) in [5.74, 6) is 0.958. The van der Waals surface area contributed by atoms with Crippen LogP contribution in [0.4, 0.5) is 5.95 Å². The largest absolute Gasteiger partial charge is 0.390 e. The van der Waals surface area contributed by atoms with Gasteiger partial charge in [-0.3, -0.25) is 4.90 Å². The van der Waals surface area contributed by atoms with Crippen LogP contribution in [0, 0.1) is 0 Å². The monoisotopic (exact) mass is 318 g/mol. The van der Waals surface area contributed by atoms with Crippen molar-refractivity contribution in [1.82, 2.24) is 15.0 Å². The highest BCUT2D eigenvalue weighted by molar-refractivity contribution is 5.53. The minimum Gasteiger partial charge on any atom is -0.390 e. The van der Waals surface area contributed by atoms with Gasteiger partial charge in [-0.2, -0.15) is 4.98 Å². The second kappa shape index (κ2) is 7.54. The molecule has 7 nitrogen and oxygen atoms in total. The molecule has 2 heterocycles. The van der Waals surface area contributed by atoms with Gasteiger partial charge in [0.1, 0.15) is 0 Å². The van der Waals surface area contributed by atoms with Crippen molar-refractivity contribution in [2.45, 2.75) is 6.10 Å². The van der Waals surface area contributed by atoms with Gasteiger partial charge < -0.3 is 19.3 Å². The van der Waals surface area contributed by atoms with E-state index < -0.39 is 6.10 Å². The molecule has 1 aliphatic heterocycles. The van der Waals surface area contributed by atoms with E-state index in [1.807, 2.05) is 37.4 Å². The van der Waals surface area contributed by atoms with E-state index in [1.54, 1.807) is 4.90 Å².